The summed E-state index contributed by atoms with van der Waals surface area (Å²) in [5.74, 6) is -0.514. The maximum absolute atomic E-state index is 12.7. The molecule has 1 saturated heterocycles. The maximum Gasteiger partial charge on any atom is 0.326 e. The molecule has 2 heterocycles. The van der Waals surface area contributed by atoms with E-state index in [0.29, 0.717) is 18.2 Å². The van der Waals surface area contributed by atoms with E-state index in [-0.39, 0.29) is 11.8 Å². The molecular weight excluding hydrogens is 256 g/mol. The smallest absolute Gasteiger partial charge is 0.326 e. The van der Waals surface area contributed by atoms with Crippen molar-refractivity contribution < 1.29 is 14.7 Å². The molecule has 3 rings (SSSR count). The summed E-state index contributed by atoms with van der Waals surface area (Å²) in [6.45, 7) is 2.52. The van der Waals surface area contributed by atoms with Crippen LogP contribution in [0.5, 0.6) is 0 Å². The molecule has 1 aromatic heterocycles. The van der Waals surface area contributed by atoms with E-state index in [4.69, 9.17) is 0 Å². The quantitative estimate of drug-likeness (QED) is 0.893. The van der Waals surface area contributed by atoms with E-state index in [1.807, 2.05) is 24.6 Å². The molecule has 1 saturated carbocycles. The van der Waals surface area contributed by atoms with Gasteiger partial charge in [-0.1, -0.05) is 6.42 Å². The highest BCUT2D eigenvalue weighted by Gasteiger charge is 2.49. The van der Waals surface area contributed by atoms with Gasteiger partial charge in [0, 0.05) is 19.3 Å². The van der Waals surface area contributed by atoms with Gasteiger partial charge >= 0.3 is 5.97 Å². The number of carboxylic acids is 1. The van der Waals surface area contributed by atoms with Crippen molar-refractivity contribution in [3.8, 4) is 0 Å². The summed E-state index contributed by atoms with van der Waals surface area (Å²) < 4.78 is 1.83. The van der Waals surface area contributed by atoms with Crippen LogP contribution in [0.3, 0.4) is 0 Å². The fraction of sp³-hybridized carbons (Fsp3) is 0.600. The van der Waals surface area contributed by atoms with E-state index < -0.39 is 12.0 Å². The van der Waals surface area contributed by atoms with E-state index in [1.54, 1.807) is 11.0 Å². The first-order valence-electron chi connectivity index (χ1n) is 7.17. The minimum Gasteiger partial charge on any atom is -0.480 e. The molecule has 5 heteroatoms. The Labute approximate surface area is 118 Å². The largest absolute Gasteiger partial charge is 0.480 e. The van der Waals surface area contributed by atoms with Gasteiger partial charge in [0.15, 0.2) is 0 Å². The Bertz CT molecular complexity index is 563. The van der Waals surface area contributed by atoms with Crippen LogP contribution in [0.1, 0.15) is 35.4 Å². The molecule has 1 aliphatic heterocycles. The third kappa shape index (κ3) is 1.84. The van der Waals surface area contributed by atoms with Crippen molar-refractivity contribution in [2.45, 2.75) is 32.2 Å². The van der Waals surface area contributed by atoms with Gasteiger partial charge in [-0.3, -0.25) is 4.79 Å². The van der Waals surface area contributed by atoms with Gasteiger partial charge in [0.25, 0.3) is 5.91 Å². The van der Waals surface area contributed by atoms with Crippen LogP contribution in [0.25, 0.3) is 0 Å². The van der Waals surface area contributed by atoms with Crippen LogP contribution in [0.2, 0.25) is 0 Å². The molecule has 1 amide bonds. The highest BCUT2D eigenvalue weighted by molar-refractivity contribution is 5.96. The molecule has 1 aliphatic carbocycles. The second kappa shape index (κ2) is 4.65. The first-order valence-corrected chi connectivity index (χ1v) is 7.17. The number of aromatic nitrogens is 1. The second-order valence-corrected chi connectivity index (χ2v) is 6.01. The topological polar surface area (TPSA) is 62.5 Å². The van der Waals surface area contributed by atoms with Crippen LogP contribution >= 0.6 is 0 Å². The van der Waals surface area contributed by atoms with E-state index in [2.05, 4.69) is 0 Å². The first-order chi connectivity index (χ1) is 9.50. The Morgan fingerprint density at radius 2 is 2.05 bits per heavy atom. The summed E-state index contributed by atoms with van der Waals surface area (Å²) in [5.41, 5.74) is 1.58. The number of rotatable bonds is 2. The van der Waals surface area contributed by atoms with E-state index in [9.17, 15) is 14.7 Å². The third-order valence-electron chi connectivity index (χ3n) is 5.00. The highest BCUT2D eigenvalue weighted by atomic mass is 16.4. The molecule has 0 radical (unpaired) electrons. The minimum absolute atomic E-state index is 0.137. The SMILES string of the molecule is Cc1ccc(C(=O)N2CC3CCCC3C2C(=O)O)n1C. The van der Waals surface area contributed by atoms with Gasteiger partial charge in [0.1, 0.15) is 11.7 Å². The first kappa shape index (κ1) is 13.2. The lowest BCUT2D eigenvalue weighted by Crippen LogP contribution is -2.43. The van der Waals surface area contributed by atoms with Crippen LogP contribution in [0, 0.1) is 18.8 Å². The fourth-order valence-electron chi connectivity index (χ4n) is 3.81. The highest BCUT2D eigenvalue weighted by Crippen LogP contribution is 2.42. The van der Waals surface area contributed by atoms with Gasteiger partial charge in [-0.15, -0.1) is 0 Å². The number of likely N-dealkylation sites (tertiary alicyclic amines) is 1. The standard InChI is InChI=1S/C15H20N2O3/c1-9-6-7-12(16(9)2)14(18)17-8-10-4-3-5-11(10)13(17)15(19)20/h6-7,10-11,13H,3-5,8H2,1-2H3,(H,19,20). The number of carbonyl (C=O) groups excluding carboxylic acids is 1. The van der Waals surface area contributed by atoms with Crippen LogP contribution in [0.15, 0.2) is 12.1 Å². The molecule has 2 fully saturated rings. The lowest BCUT2D eigenvalue weighted by Gasteiger charge is -2.24. The Morgan fingerprint density at radius 3 is 2.65 bits per heavy atom. The Kier molecular flexibility index (Phi) is 3.07. The third-order valence-corrected chi connectivity index (χ3v) is 5.00. The Balaban J connectivity index is 1.91. The monoisotopic (exact) mass is 276 g/mol. The molecule has 0 spiro atoms. The van der Waals surface area contributed by atoms with Gasteiger partial charge in [-0.05, 0) is 43.7 Å². The lowest BCUT2D eigenvalue weighted by atomic mass is 9.94. The van der Waals surface area contributed by atoms with Crippen molar-refractivity contribution in [3.05, 3.63) is 23.5 Å². The summed E-state index contributed by atoms with van der Waals surface area (Å²) in [7, 11) is 1.84. The number of aryl methyl sites for hydroxylation is 1. The molecule has 0 bridgehead atoms. The van der Waals surface area contributed by atoms with Crippen molar-refractivity contribution >= 4 is 11.9 Å². The van der Waals surface area contributed by atoms with Gasteiger partial charge in [-0.2, -0.15) is 0 Å². The van der Waals surface area contributed by atoms with E-state index >= 15 is 0 Å². The Hall–Kier alpha value is -1.78. The van der Waals surface area contributed by atoms with Gasteiger partial charge in [0.2, 0.25) is 0 Å². The summed E-state index contributed by atoms with van der Waals surface area (Å²) in [6, 6.07) is 3.02. The zero-order chi connectivity index (χ0) is 14.4. The molecule has 2 aliphatic rings. The Morgan fingerprint density at radius 1 is 1.30 bits per heavy atom. The number of aliphatic carboxylic acids is 1. The van der Waals surface area contributed by atoms with Gasteiger partial charge < -0.3 is 14.6 Å². The van der Waals surface area contributed by atoms with Crippen LogP contribution in [-0.4, -0.2) is 39.0 Å². The number of hydrogen-bond acceptors (Lipinski definition) is 2. The normalized spacial score (nSPS) is 28.7. The van der Waals surface area contributed by atoms with Crippen molar-refractivity contribution in [1.82, 2.24) is 9.47 Å². The number of nitrogens with zero attached hydrogens (tertiary/aromatic N) is 2. The average molecular weight is 276 g/mol. The summed E-state index contributed by atoms with van der Waals surface area (Å²) in [6.07, 6.45) is 3.06. The van der Waals surface area contributed by atoms with Gasteiger partial charge in [0.05, 0.1) is 0 Å². The number of amides is 1. The number of fused-ring (bicyclic) bond motifs is 1. The fourth-order valence-corrected chi connectivity index (χ4v) is 3.81. The maximum atomic E-state index is 12.7. The predicted molar refractivity (Wildman–Crippen MR) is 73.4 cm³/mol. The molecule has 108 valence electrons. The van der Waals surface area contributed by atoms with Crippen LogP contribution < -0.4 is 0 Å². The van der Waals surface area contributed by atoms with Crippen molar-refractivity contribution in [3.63, 3.8) is 0 Å². The van der Waals surface area contributed by atoms with Gasteiger partial charge in [-0.25, -0.2) is 4.79 Å². The lowest BCUT2D eigenvalue weighted by molar-refractivity contribution is -0.142. The predicted octanol–water partition coefficient (Wildman–Crippen LogP) is 1.66. The molecule has 0 aromatic carbocycles. The molecule has 5 nitrogen and oxygen atoms in total. The average Bonchev–Trinajstić information content (AvgIpc) is 3.04. The number of carbonyl (C=O) groups is 2. The zero-order valence-electron chi connectivity index (χ0n) is 11.9. The molecule has 1 aromatic rings. The number of carboxylic acid groups (broad SMARTS) is 1. The molecule has 1 N–H and O–H groups in total. The summed E-state index contributed by atoms with van der Waals surface area (Å²) in [4.78, 5) is 25.8. The van der Waals surface area contributed by atoms with Crippen molar-refractivity contribution in [1.29, 1.82) is 0 Å². The molecule has 20 heavy (non-hydrogen) atoms. The van der Waals surface area contributed by atoms with E-state index in [1.165, 1.54) is 0 Å². The van der Waals surface area contributed by atoms with E-state index in [0.717, 1.165) is 25.0 Å². The minimum atomic E-state index is -0.862. The second-order valence-electron chi connectivity index (χ2n) is 6.01. The molecular formula is C15H20N2O3. The zero-order valence-corrected chi connectivity index (χ0v) is 11.9. The summed E-state index contributed by atoms with van der Waals surface area (Å²) >= 11 is 0. The van der Waals surface area contributed by atoms with Crippen LogP contribution in [-0.2, 0) is 11.8 Å². The van der Waals surface area contributed by atoms with Crippen LogP contribution in [0.4, 0.5) is 0 Å². The summed E-state index contributed by atoms with van der Waals surface area (Å²) in [5, 5.41) is 9.50. The van der Waals surface area contributed by atoms with Crippen molar-refractivity contribution in [2.75, 3.05) is 6.54 Å². The number of hydrogen-bond donors (Lipinski definition) is 1. The molecule has 3 atom stereocenters. The van der Waals surface area contributed by atoms with Crippen molar-refractivity contribution in [2.24, 2.45) is 18.9 Å². The molecule has 3 unspecified atom stereocenters.